The summed E-state index contributed by atoms with van der Waals surface area (Å²) in [6, 6.07) is 9.75. The molecule has 2 N–H and O–H groups in total. The zero-order valence-electron chi connectivity index (χ0n) is 24.2. The van der Waals surface area contributed by atoms with Crippen LogP contribution in [-0.2, 0) is 6.42 Å². The lowest BCUT2D eigenvalue weighted by Gasteiger charge is -2.22. The molecule has 1 unspecified atom stereocenters. The molecule has 1 atom stereocenters. The summed E-state index contributed by atoms with van der Waals surface area (Å²) in [5.41, 5.74) is 2.66. The standard InChI is InChI=1S/C33H35F2N5O2/c1-4-23-27(34)8-5-19-11-22(41)12-26(28(19)23)24-6-7-25-30(29(24)35)37-32(42-18-33(9-10-33)17-39(2)3)38-31(25)40-15-20-13-36-14-21(20)16-40/h5-8,11-12,15,21,36,41H,4,9-10,13-14,16-18H2,1-3H3. The Kier molecular flexibility index (Phi) is 6.55. The Morgan fingerprint density at radius 2 is 1.95 bits per heavy atom. The predicted molar refractivity (Wildman–Crippen MR) is 161 cm³/mol. The highest BCUT2D eigenvalue weighted by Crippen LogP contribution is 2.46. The van der Waals surface area contributed by atoms with Gasteiger partial charge < -0.3 is 25.0 Å². The smallest absolute Gasteiger partial charge is 0.319 e. The minimum atomic E-state index is -0.553. The van der Waals surface area contributed by atoms with Crippen LogP contribution in [0.2, 0.25) is 0 Å². The summed E-state index contributed by atoms with van der Waals surface area (Å²) in [6.07, 6.45) is 4.67. The molecule has 42 heavy (non-hydrogen) atoms. The molecule has 1 aliphatic carbocycles. The Hall–Kier alpha value is -3.82. The summed E-state index contributed by atoms with van der Waals surface area (Å²) >= 11 is 0. The fourth-order valence-corrected chi connectivity index (χ4v) is 6.73. The van der Waals surface area contributed by atoms with Gasteiger partial charge in [-0.3, -0.25) is 0 Å². The maximum Gasteiger partial charge on any atom is 0.319 e. The van der Waals surface area contributed by atoms with E-state index in [0.29, 0.717) is 52.0 Å². The van der Waals surface area contributed by atoms with Crippen molar-refractivity contribution in [3.63, 3.8) is 0 Å². The highest BCUT2D eigenvalue weighted by atomic mass is 19.1. The molecule has 3 heterocycles. The molecule has 0 radical (unpaired) electrons. The first kappa shape index (κ1) is 27.0. The van der Waals surface area contributed by atoms with Crippen LogP contribution in [0.5, 0.6) is 11.8 Å². The van der Waals surface area contributed by atoms with Gasteiger partial charge in [-0.15, -0.1) is 0 Å². The van der Waals surface area contributed by atoms with Crippen LogP contribution in [0.3, 0.4) is 0 Å². The van der Waals surface area contributed by atoms with Gasteiger partial charge in [0.2, 0.25) is 0 Å². The molecule has 0 amide bonds. The molecule has 7 nitrogen and oxygen atoms in total. The van der Waals surface area contributed by atoms with Crippen molar-refractivity contribution in [2.45, 2.75) is 26.2 Å². The SMILES string of the molecule is CCc1c(F)ccc2cc(O)cc(-c3ccc4c(N5C=C6CNCC6C5)nc(OCC5(CN(C)C)CC5)nc4c3F)c12. The van der Waals surface area contributed by atoms with Gasteiger partial charge >= 0.3 is 6.01 Å². The summed E-state index contributed by atoms with van der Waals surface area (Å²) in [4.78, 5) is 13.7. The van der Waals surface area contributed by atoms with E-state index in [-0.39, 0.29) is 34.1 Å². The lowest BCUT2D eigenvalue weighted by molar-refractivity contribution is 0.183. The molecule has 1 saturated heterocycles. The topological polar surface area (TPSA) is 73.8 Å². The Morgan fingerprint density at radius 1 is 1.12 bits per heavy atom. The average molecular weight is 572 g/mol. The molecule has 2 aliphatic heterocycles. The second kappa shape index (κ2) is 10.2. The number of phenolic OH excluding ortho intramolecular Hbond substituents is 1. The quantitative estimate of drug-likeness (QED) is 0.284. The van der Waals surface area contributed by atoms with Gasteiger partial charge in [-0.25, -0.2) is 8.78 Å². The fourth-order valence-electron chi connectivity index (χ4n) is 6.73. The molecule has 0 bridgehead atoms. The molecule has 7 rings (SSSR count). The van der Waals surface area contributed by atoms with Crippen molar-refractivity contribution in [3.05, 3.63) is 65.4 Å². The van der Waals surface area contributed by atoms with Gasteiger partial charge in [0.25, 0.3) is 0 Å². The first-order valence-electron chi connectivity index (χ1n) is 14.7. The maximum absolute atomic E-state index is 16.7. The van der Waals surface area contributed by atoms with E-state index < -0.39 is 5.82 Å². The van der Waals surface area contributed by atoms with Crippen LogP contribution in [-0.4, -0.2) is 66.9 Å². The van der Waals surface area contributed by atoms with Crippen LogP contribution in [0.1, 0.15) is 25.3 Å². The van der Waals surface area contributed by atoms with Crippen LogP contribution < -0.4 is 15.0 Å². The van der Waals surface area contributed by atoms with Crippen molar-refractivity contribution < 1.29 is 18.6 Å². The van der Waals surface area contributed by atoms with Gasteiger partial charge in [0.05, 0.1) is 6.61 Å². The van der Waals surface area contributed by atoms with Crippen molar-refractivity contribution in [2.75, 3.05) is 51.8 Å². The van der Waals surface area contributed by atoms with E-state index in [1.807, 2.05) is 13.0 Å². The lowest BCUT2D eigenvalue weighted by atomic mass is 9.92. The molecule has 4 aromatic rings. The Labute approximate surface area is 243 Å². The van der Waals surface area contributed by atoms with Crippen molar-refractivity contribution in [1.82, 2.24) is 20.2 Å². The van der Waals surface area contributed by atoms with Gasteiger partial charge in [0.15, 0.2) is 5.82 Å². The number of ether oxygens (including phenoxy) is 1. The van der Waals surface area contributed by atoms with Crippen LogP contribution in [0, 0.1) is 23.0 Å². The number of nitrogens with zero attached hydrogens (tertiary/aromatic N) is 4. The molecule has 2 fully saturated rings. The third-order valence-corrected chi connectivity index (χ3v) is 8.93. The van der Waals surface area contributed by atoms with Crippen LogP contribution in [0.15, 0.2) is 48.2 Å². The van der Waals surface area contributed by atoms with Crippen LogP contribution in [0.25, 0.3) is 32.8 Å². The van der Waals surface area contributed by atoms with E-state index in [9.17, 15) is 9.50 Å². The molecular weight excluding hydrogens is 536 g/mol. The van der Waals surface area contributed by atoms with Gasteiger partial charge in [-0.1, -0.05) is 19.1 Å². The summed E-state index contributed by atoms with van der Waals surface area (Å²) in [6.45, 7) is 5.72. The highest BCUT2D eigenvalue weighted by Gasteiger charge is 2.44. The monoisotopic (exact) mass is 571 g/mol. The summed E-state index contributed by atoms with van der Waals surface area (Å²) < 4.78 is 37.8. The number of rotatable bonds is 8. The molecule has 0 spiro atoms. The second-order valence-corrected chi connectivity index (χ2v) is 12.3. The van der Waals surface area contributed by atoms with Crippen LogP contribution in [0.4, 0.5) is 14.6 Å². The van der Waals surface area contributed by atoms with E-state index in [1.165, 1.54) is 17.7 Å². The van der Waals surface area contributed by atoms with E-state index in [4.69, 9.17) is 9.72 Å². The Morgan fingerprint density at radius 3 is 2.69 bits per heavy atom. The molecule has 9 heteroatoms. The first-order valence-corrected chi connectivity index (χ1v) is 14.7. The first-order chi connectivity index (χ1) is 20.2. The number of fused-ring (bicyclic) bond motifs is 3. The Bertz CT molecular complexity index is 1750. The van der Waals surface area contributed by atoms with E-state index in [1.54, 1.807) is 18.2 Å². The largest absolute Gasteiger partial charge is 0.508 e. The third kappa shape index (κ3) is 4.65. The number of nitrogens with one attached hydrogen (secondary N) is 1. The molecule has 3 aliphatic rings. The zero-order chi connectivity index (χ0) is 29.2. The number of benzene rings is 3. The van der Waals surface area contributed by atoms with Gasteiger partial charge in [0.1, 0.15) is 22.9 Å². The summed E-state index contributed by atoms with van der Waals surface area (Å²) in [7, 11) is 4.10. The predicted octanol–water partition coefficient (Wildman–Crippen LogP) is 5.64. The van der Waals surface area contributed by atoms with Crippen molar-refractivity contribution >= 4 is 27.5 Å². The molecule has 3 aromatic carbocycles. The van der Waals surface area contributed by atoms with Gasteiger partial charge in [-0.2, -0.15) is 9.97 Å². The lowest BCUT2D eigenvalue weighted by Crippen LogP contribution is -2.28. The van der Waals surface area contributed by atoms with Gasteiger partial charge in [0, 0.05) is 54.7 Å². The van der Waals surface area contributed by atoms with Gasteiger partial charge in [-0.05, 0) is 85.1 Å². The Balaban J connectivity index is 1.38. The summed E-state index contributed by atoms with van der Waals surface area (Å²) in [5.74, 6) is 0.0763. The molecule has 218 valence electrons. The highest BCUT2D eigenvalue weighted by molar-refractivity contribution is 6.03. The summed E-state index contributed by atoms with van der Waals surface area (Å²) in [5, 5.41) is 15.8. The zero-order valence-corrected chi connectivity index (χ0v) is 24.2. The molecule has 1 aromatic heterocycles. The van der Waals surface area contributed by atoms with E-state index >= 15 is 4.39 Å². The third-order valence-electron chi connectivity index (χ3n) is 8.93. The number of aromatic hydroxyl groups is 1. The van der Waals surface area contributed by atoms with Crippen molar-refractivity contribution in [3.8, 4) is 22.9 Å². The second-order valence-electron chi connectivity index (χ2n) is 12.3. The number of phenols is 1. The van der Waals surface area contributed by atoms with E-state index in [2.05, 4.69) is 40.4 Å². The molecule has 1 saturated carbocycles. The van der Waals surface area contributed by atoms with Crippen molar-refractivity contribution in [2.24, 2.45) is 11.3 Å². The number of aromatic nitrogens is 2. The number of hydrogen-bond acceptors (Lipinski definition) is 7. The van der Waals surface area contributed by atoms with Crippen molar-refractivity contribution in [1.29, 1.82) is 0 Å². The fraction of sp³-hybridized carbons (Fsp3) is 0.394. The van der Waals surface area contributed by atoms with E-state index in [0.717, 1.165) is 39.0 Å². The number of aryl methyl sites for hydroxylation is 1. The number of halogens is 2. The van der Waals surface area contributed by atoms with Crippen LogP contribution >= 0.6 is 0 Å². The number of anilines is 1. The number of hydrogen-bond donors (Lipinski definition) is 2. The maximum atomic E-state index is 16.7. The normalized spacial score (nSPS) is 19.1. The average Bonchev–Trinajstić information content (AvgIpc) is 3.37. The minimum absolute atomic E-state index is 0.0162. The molecular formula is C33H35F2N5O2. The minimum Gasteiger partial charge on any atom is -0.508 e.